The monoisotopic (exact) mass is 422 g/mol. The van der Waals surface area contributed by atoms with E-state index in [0.29, 0.717) is 6.61 Å². The Morgan fingerprint density at radius 3 is 1.90 bits per heavy atom. The smallest absolute Gasteiger partial charge is 0.262 e. The van der Waals surface area contributed by atoms with Crippen molar-refractivity contribution in [1.82, 2.24) is 0 Å². The lowest BCUT2D eigenvalue weighted by Crippen LogP contribution is -2.66. The van der Waals surface area contributed by atoms with Gasteiger partial charge in [0.25, 0.3) is 8.32 Å². The zero-order valence-corrected chi connectivity index (χ0v) is 20.2. The van der Waals surface area contributed by atoms with Crippen LogP contribution in [0.2, 0.25) is 5.04 Å². The first-order chi connectivity index (χ1) is 14.4. The molecule has 0 bridgehead atoms. The zero-order chi connectivity index (χ0) is 21.9. The third-order valence-electron chi connectivity index (χ3n) is 5.63. The van der Waals surface area contributed by atoms with E-state index >= 15 is 0 Å². The number of unbranched alkanes of at least 4 members (excludes halogenated alkanes) is 4. The third-order valence-corrected chi connectivity index (χ3v) is 10.6. The Morgan fingerprint density at radius 2 is 1.40 bits per heavy atom. The molecule has 2 rings (SSSR count). The minimum Gasteiger partial charge on any atom is -0.396 e. The van der Waals surface area contributed by atoms with Crippen LogP contribution in [-0.2, 0) is 4.43 Å². The molecule has 3 heteroatoms. The zero-order valence-electron chi connectivity index (χ0n) is 19.2. The maximum absolute atomic E-state index is 10.2. The van der Waals surface area contributed by atoms with Crippen molar-refractivity contribution in [2.24, 2.45) is 0 Å². The van der Waals surface area contributed by atoms with Crippen LogP contribution >= 0.6 is 0 Å². The normalized spacial score (nSPS) is 12.8. The molecule has 2 nitrogen and oxygen atoms in total. The van der Waals surface area contributed by atoms with E-state index in [1.165, 1.54) is 36.1 Å². The van der Waals surface area contributed by atoms with E-state index in [1.807, 2.05) is 12.1 Å². The van der Waals surface area contributed by atoms with Gasteiger partial charge in [-0.1, -0.05) is 126 Å². The second-order valence-electron chi connectivity index (χ2n) is 8.99. The van der Waals surface area contributed by atoms with E-state index in [1.54, 1.807) is 0 Å². The van der Waals surface area contributed by atoms with Gasteiger partial charge in [0, 0.05) is 0 Å². The van der Waals surface area contributed by atoms with Crippen molar-refractivity contribution in [3.63, 3.8) is 0 Å². The van der Waals surface area contributed by atoms with Crippen molar-refractivity contribution in [3.8, 4) is 11.8 Å². The lowest BCUT2D eigenvalue weighted by molar-refractivity contribution is 0.216. The predicted octanol–water partition coefficient (Wildman–Crippen LogP) is 5.29. The molecule has 0 heterocycles. The summed E-state index contributed by atoms with van der Waals surface area (Å²) in [5.74, 6) is 6.12. The molecule has 0 spiro atoms. The van der Waals surface area contributed by atoms with Gasteiger partial charge in [-0.15, -0.1) is 0 Å². The Morgan fingerprint density at radius 1 is 0.867 bits per heavy atom. The second kappa shape index (κ2) is 12.1. The number of aliphatic hydroxyl groups excluding tert-OH is 1. The Balaban J connectivity index is 2.16. The van der Waals surface area contributed by atoms with Crippen LogP contribution in [0.25, 0.3) is 0 Å². The van der Waals surface area contributed by atoms with Gasteiger partial charge in [-0.3, -0.25) is 0 Å². The summed E-state index contributed by atoms with van der Waals surface area (Å²) < 4.78 is 6.73. The van der Waals surface area contributed by atoms with Gasteiger partial charge in [0.1, 0.15) is 6.10 Å². The predicted molar refractivity (Wildman–Crippen MR) is 131 cm³/mol. The lowest BCUT2D eigenvalue weighted by atomic mass is 10.1. The van der Waals surface area contributed by atoms with Crippen LogP contribution < -0.4 is 10.4 Å². The van der Waals surface area contributed by atoms with Gasteiger partial charge in [0.2, 0.25) is 0 Å². The first-order valence-electron chi connectivity index (χ1n) is 11.3. The summed E-state index contributed by atoms with van der Waals surface area (Å²) >= 11 is 0. The molecular formula is C27H38O2Si. The SMILES string of the molecule is CCCCCCCC(O)C#CCO[Si](c1ccccc1)(c1ccccc1)C(C)(C)C. The molecule has 162 valence electrons. The maximum Gasteiger partial charge on any atom is 0.262 e. The van der Waals surface area contributed by atoms with Gasteiger partial charge in [-0.25, -0.2) is 0 Å². The minimum atomic E-state index is -2.55. The number of aliphatic hydroxyl groups is 1. The molecule has 1 N–H and O–H groups in total. The largest absolute Gasteiger partial charge is 0.396 e. The molecule has 2 aromatic carbocycles. The molecule has 0 aliphatic rings. The van der Waals surface area contributed by atoms with Crippen LogP contribution in [0.5, 0.6) is 0 Å². The number of benzene rings is 2. The topological polar surface area (TPSA) is 29.5 Å². The Hall–Kier alpha value is -1.86. The lowest BCUT2D eigenvalue weighted by Gasteiger charge is -2.42. The van der Waals surface area contributed by atoms with E-state index in [-0.39, 0.29) is 5.04 Å². The highest BCUT2D eigenvalue weighted by molar-refractivity contribution is 6.99. The van der Waals surface area contributed by atoms with Crippen LogP contribution in [0.1, 0.15) is 66.2 Å². The van der Waals surface area contributed by atoms with Crippen LogP contribution in [0.15, 0.2) is 60.7 Å². The van der Waals surface area contributed by atoms with E-state index < -0.39 is 14.4 Å². The van der Waals surface area contributed by atoms with Gasteiger partial charge in [-0.05, 0) is 28.3 Å². The fourth-order valence-corrected chi connectivity index (χ4v) is 8.52. The van der Waals surface area contributed by atoms with Gasteiger partial charge < -0.3 is 9.53 Å². The van der Waals surface area contributed by atoms with Gasteiger partial charge >= 0.3 is 0 Å². The summed E-state index contributed by atoms with van der Waals surface area (Å²) in [6, 6.07) is 21.2. The average Bonchev–Trinajstić information content (AvgIpc) is 2.74. The highest BCUT2D eigenvalue weighted by Crippen LogP contribution is 2.36. The summed E-state index contributed by atoms with van der Waals surface area (Å²) in [4.78, 5) is 0. The van der Waals surface area contributed by atoms with Crippen molar-refractivity contribution in [1.29, 1.82) is 0 Å². The summed E-state index contributed by atoms with van der Waals surface area (Å²) in [7, 11) is -2.55. The van der Waals surface area contributed by atoms with Crippen molar-refractivity contribution in [3.05, 3.63) is 60.7 Å². The van der Waals surface area contributed by atoms with E-state index in [4.69, 9.17) is 4.43 Å². The minimum absolute atomic E-state index is 0.0602. The molecule has 0 saturated heterocycles. The van der Waals surface area contributed by atoms with E-state index in [9.17, 15) is 5.11 Å². The second-order valence-corrected chi connectivity index (χ2v) is 13.3. The fourth-order valence-electron chi connectivity index (χ4n) is 4.08. The van der Waals surface area contributed by atoms with Crippen molar-refractivity contribution in [2.45, 2.75) is 77.4 Å². The van der Waals surface area contributed by atoms with Gasteiger partial charge in [-0.2, -0.15) is 0 Å². The first-order valence-corrected chi connectivity index (χ1v) is 13.2. The number of rotatable bonds is 10. The summed E-state index contributed by atoms with van der Waals surface area (Å²) in [6.45, 7) is 9.33. The molecular weight excluding hydrogens is 384 g/mol. The van der Waals surface area contributed by atoms with Crippen molar-refractivity contribution >= 4 is 18.7 Å². The molecule has 30 heavy (non-hydrogen) atoms. The van der Waals surface area contributed by atoms with Gasteiger partial charge in [0.15, 0.2) is 0 Å². The molecule has 0 fully saturated rings. The first kappa shape index (κ1) is 24.4. The molecule has 0 radical (unpaired) electrons. The maximum atomic E-state index is 10.2. The molecule has 0 aliphatic carbocycles. The van der Waals surface area contributed by atoms with Gasteiger partial charge in [0.05, 0.1) is 6.61 Å². The highest BCUT2D eigenvalue weighted by Gasteiger charge is 2.49. The Bertz CT molecular complexity index is 745. The third kappa shape index (κ3) is 6.57. The summed E-state index contributed by atoms with van der Waals surface area (Å²) in [5, 5.41) is 12.7. The summed E-state index contributed by atoms with van der Waals surface area (Å²) in [6.07, 6.45) is 6.14. The highest BCUT2D eigenvalue weighted by atomic mass is 28.4. The molecule has 2 aromatic rings. The van der Waals surface area contributed by atoms with Crippen LogP contribution in [0.4, 0.5) is 0 Å². The van der Waals surface area contributed by atoms with Crippen LogP contribution in [-0.4, -0.2) is 26.1 Å². The van der Waals surface area contributed by atoms with E-state index in [2.05, 4.69) is 88.1 Å². The number of hydrogen-bond donors (Lipinski definition) is 1. The Labute approximate surface area is 184 Å². The molecule has 1 unspecified atom stereocenters. The molecule has 1 atom stereocenters. The average molecular weight is 423 g/mol. The molecule has 0 aliphatic heterocycles. The Kier molecular flexibility index (Phi) is 9.85. The van der Waals surface area contributed by atoms with Crippen LogP contribution in [0, 0.1) is 11.8 Å². The van der Waals surface area contributed by atoms with Crippen LogP contribution in [0.3, 0.4) is 0 Å². The fraction of sp³-hybridized carbons (Fsp3) is 0.481. The van der Waals surface area contributed by atoms with Crippen molar-refractivity contribution < 1.29 is 9.53 Å². The van der Waals surface area contributed by atoms with Crippen molar-refractivity contribution in [2.75, 3.05) is 6.61 Å². The number of hydrogen-bond acceptors (Lipinski definition) is 2. The molecule has 0 aromatic heterocycles. The standard InChI is InChI=1S/C27H38O2Si/c1-5-6-7-8-11-17-24(28)18-16-23-29-30(27(2,3)4,25-19-12-9-13-20-25)26-21-14-10-15-22-26/h9-10,12-15,19-22,24,28H,5-8,11,17,23H2,1-4H3. The quantitative estimate of drug-likeness (QED) is 0.320. The molecule has 0 saturated carbocycles. The molecule has 0 amide bonds. The summed E-state index contributed by atoms with van der Waals surface area (Å²) in [5.41, 5.74) is 0. The van der Waals surface area contributed by atoms with E-state index in [0.717, 1.165) is 12.8 Å².